The smallest absolute Gasteiger partial charge is 0.245 e. The average molecular weight is 271 g/mol. The van der Waals surface area contributed by atoms with Crippen LogP contribution in [0.4, 0.5) is 0 Å². The Morgan fingerprint density at radius 2 is 2.06 bits per heavy atom. The molecular weight excluding hydrogens is 256 g/mol. The van der Waals surface area contributed by atoms with E-state index in [0.717, 1.165) is 5.56 Å². The molecule has 1 aromatic rings. The predicted octanol–water partition coefficient (Wildman–Crippen LogP) is 2.50. The maximum absolute atomic E-state index is 10.6. The van der Waals surface area contributed by atoms with Crippen LogP contribution in [0.5, 0.6) is 11.5 Å². The van der Waals surface area contributed by atoms with Crippen molar-refractivity contribution in [3.63, 3.8) is 0 Å². The molecule has 0 fully saturated rings. The van der Waals surface area contributed by atoms with Gasteiger partial charge in [0.25, 0.3) is 0 Å². The molecular formula is C13H15ClO4. The highest BCUT2D eigenvalue weighted by Crippen LogP contribution is 2.28. The van der Waals surface area contributed by atoms with Gasteiger partial charge in [0, 0.05) is 7.11 Å². The van der Waals surface area contributed by atoms with E-state index in [2.05, 4.69) is 0 Å². The molecule has 0 unspecified atom stereocenters. The van der Waals surface area contributed by atoms with Gasteiger partial charge in [-0.1, -0.05) is 12.1 Å². The van der Waals surface area contributed by atoms with E-state index in [0.29, 0.717) is 24.7 Å². The van der Waals surface area contributed by atoms with E-state index < -0.39 is 5.24 Å². The number of carbonyl (C=O) groups excluding carboxylic acids is 1. The summed E-state index contributed by atoms with van der Waals surface area (Å²) < 4.78 is 15.6. The second-order valence-electron chi connectivity index (χ2n) is 3.39. The molecule has 98 valence electrons. The molecule has 5 heteroatoms. The van der Waals surface area contributed by atoms with E-state index in [1.165, 1.54) is 6.08 Å². The third kappa shape index (κ3) is 4.77. The highest BCUT2D eigenvalue weighted by molar-refractivity contribution is 6.66. The molecule has 0 saturated carbocycles. The van der Waals surface area contributed by atoms with Crippen LogP contribution in [0.1, 0.15) is 5.56 Å². The maximum Gasteiger partial charge on any atom is 0.245 e. The molecule has 0 aliphatic carbocycles. The fourth-order valence-corrected chi connectivity index (χ4v) is 1.37. The summed E-state index contributed by atoms with van der Waals surface area (Å²) in [5, 5.41) is -0.519. The molecule has 0 bridgehead atoms. The van der Waals surface area contributed by atoms with Crippen molar-refractivity contribution >= 4 is 22.9 Å². The summed E-state index contributed by atoms with van der Waals surface area (Å²) in [6.45, 7) is 0.952. The fourth-order valence-electron chi connectivity index (χ4n) is 1.30. The summed E-state index contributed by atoms with van der Waals surface area (Å²) in [6.07, 6.45) is 2.89. The first-order valence-electron chi connectivity index (χ1n) is 5.34. The van der Waals surface area contributed by atoms with E-state index in [4.69, 9.17) is 25.8 Å². The number of carbonyl (C=O) groups is 1. The number of methoxy groups -OCH3 is 2. The van der Waals surface area contributed by atoms with E-state index in [1.807, 2.05) is 0 Å². The maximum atomic E-state index is 10.6. The minimum atomic E-state index is -0.519. The summed E-state index contributed by atoms with van der Waals surface area (Å²) in [5.41, 5.74) is 0.806. The molecule has 1 rings (SSSR count). The summed E-state index contributed by atoms with van der Waals surface area (Å²) >= 11 is 5.22. The third-order valence-corrected chi connectivity index (χ3v) is 2.27. The van der Waals surface area contributed by atoms with Crippen LogP contribution in [-0.4, -0.2) is 32.7 Å². The van der Waals surface area contributed by atoms with E-state index in [1.54, 1.807) is 38.5 Å². The van der Waals surface area contributed by atoms with Gasteiger partial charge in [-0.25, -0.2) is 0 Å². The van der Waals surface area contributed by atoms with Gasteiger partial charge in [0.1, 0.15) is 6.61 Å². The Balaban J connectivity index is 2.79. The molecule has 0 N–H and O–H groups in total. The van der Waals surface area contributed by atoms with Crippen molar-refractivity contribution < 1.29 is 19.0 Å². The van der Waals surface area contributed by atoms with Crippen LogP contribution in [0.2, 0.25) is 0 Å². The lowest BCUT2D eigenvalue weighted by Gasteiger charge is -2.10. The van der Waals surface area contributed by atoms with Crippen LogP contribution < -0.4 is 9.47 Å². The molecule has 4 nitrogen and oxygen atoms in total. The van der Waals surface area contributed by atoms with Crippen LogP contribution in [0.15, 0.2) is 24.3 Å². The van der Waals surface area contributed by atoms with Crippen molar-refractivity contribution in [3.05, 3.63) is 29.8 Å². The number of hydrogen-bond acceptors (Lipinski definition) is 4. The Kier molecular flexibility index (Phi) is 6.25. The summed E-state index contributed by atoms with van der Waals surface area (Å²) in [6, 6.07) is 5.34. The van der Waals surface area contributed by atoms with Gasteiger partial charge >= 0.3 is 0 Å². The normalized spacial score (nSPS) is 10.6. The number of benzene rings is 1. The molecule has 18 heavy (non-hydrogen) atoms. The second-order valence-corrected chi connectivity index (χ2v) is 3.76. The largest absolute Gasteiger partial charge is 0.493 e. The van der Waals surface area contributed by atoms with E-state index >= 15 is 0 Å². The molecule has 0 radical (unpaired) electrons. The standard InChI is InChI=1S/C13H15ClO4/c1-16-7-8-18-11-5-3-10(4-6-13(14)15)9-12(11)17-2/h3-6,9H,7-8H2,1-2H3/b6-4+. The van der Waals surface area contributed by atoms with Crippen molar-refractivity contribution in [2.24, 2.45) is 0 Å². The van der Waals surface area contributed by atoms with Gasteiger partial charge in [-0.3, -0.25) is 4.79 Å². The third-order valence-electron chi connectivity index (χ3n) is 2.14. The quantitative estimate of drug-likeness (QED) is 0.434. The Labute approximate surface area is 111 Å². The number of ether oxygens (including phenoxy) is 3. The van der Waals surface area contributed by atoms with Gasteiger partial charge in [-0.05, 0) is 35.4 Å². The van der Waals surface area contributed by atoms with Gasteiger partial charge in [0.2, 0.25) is 5.24 Å². The zero-order valence-corrected chi connectivity index (χ0v) is 11.1. The fraction of sp³-hybridized carbons (Fsp3) is 0.308. The highest BCUT2D eigenvalue weighted by atomic mass is 35.5. The summed E-state index contributed by atoms with van der Waals surface area (Å²) in [5.74, 6) is 1.22. The lowest BCUT2D eigenvalue weighted by molar-refractivity contribution is -0.107. The van der Waals surface area contributed by atoms with Crippen molar-refractivity contribution in [1.29, 1.82) is 0 Å². The molecule has 0 aliphatic rings. The topological polar surface area (TPSA) is 44.8 Å². The molecule has 0 aliphatic heterocycles. The van der Waals surface area contributed by atoms with Gasteiger partial charge in [0.05, 0.1) is 13.7 Å². The molecule has 0 aromatic heterocycles. The zero-order valence-electron chi connectivity index (χ0n) is 10.3. The van der Waals surface area contributed by atoms with Gasteiger partial charge < -0.3 is 14.2 Å². The highest BCUT2D eigenvalue weighted by Gasteiger charge is 2.04. The van der Waals surface area contributed by atoms with Crippen LogP contribution in [0.3, 0.4) is 0 Å². The Bertz CT molecular complexity index is 429. The Hall–Kier alpha value is -1.52. The molecule has 1 aromatic carbocycles. The minimum Gasteiger partial charge on any atom is -0.493 e. The number of halogens is 1. The summed E-state index contributed by atoms with van der Waals surface area (Å²) in [4.78, 5) is 10.6. The minimum absolute atomic E-state index is 0.447. The predicted molar refractivity (Wildman–Crippen MR) is 70.3 cm³/mol. The van der Waals surface area contributed by atoms with Crippen molar-refractivity contribution in [1.82, 2.24) is 0 Å². The average Bonchev–Trinajstić information content (AvgIpc) is 2.37. The van der Waals surface area contributed by atoms with Crippen LogP contribution >= 0.6 is 11.6 Å². The first kappa shape index (κ1) is 14.5. The molecule has 0 heterocycles. The SMILES string of the molecule is COCCOc1ccc(/C=C/C(=O)Cl)cc1OC. The van der Waals surface area contributed by atoms with Gasteiger partial charge in [-0.15, -0.1) is 0 Å². The van der Waals surface area contributed by atoms with E-state index in [-0.39, 0.29) is 0 Å². The molecule has 0 saturated heterocycles. The molecule has 0 atom stereocenters. The lowest BCUT2D eigenvalue weighted by atomic mass is 10.2. The molecule has 0 amide bonds. The Morgan fingerprint density at radius 3 is 2.67 bits per heavy atom. The van der Waals surface area contributed by atoms with E-state index in [9.17, 15) is 4.79 Å². The van der Waals surface area contributed by atoms with Crippen LogP contribution in [-0.2, 0) is 9.53 Å². The number of allylic oxidation sites excluding steroid dienone is 1. The Morgan fingerprint density at radius 1 is 1.28 bits per heavy atom. The van der Waals surface area contributed by atoms with Crippen LogP contribution in [0.25, 0.3) is 6.08 Å². The summed E-state index contributed by atoms with van der Waals surface area (Å²) in [7, 11) is 3.16. The van der Waals surface area contributed by atoms with Crippen molar-refractivity contribution in [3.8, 4) is 11.5 Å². The first-order valence-corrected chi connectivity index (χ1v) is 5.72. The monoisotopic (exact) mass is 270 g/mol. The van der Waals surface area contributed by atoms with Crippen molar-refractivity contribution in [2.45, 2.75) is 0 Å². The number of hydrogen-bond donors (Lipinski definition) is 0. The zero-order chi connectivity index (χ0) is 13.4. The van der Waals surface area contributed by atoms with Gasteiger partial charge in [0.15, 0.2) is 11.5 Å². The second kappa shape index (κ2) is 7.74. The lowest BCUT2D eigenvalue weighted by Crippen LogP contribution is -2.05. The number of rotatable bonds is 7. The first-order chi connectivity index (χ1) is 8.67. The van der Waals surface area contributed by atoms with Crippen molar-refractivity contribution in [2.75, 3.05) is 27.4 Å². The molecule has 0 spiro atoms. The van der Waals surface area contributed by atoms with Gasteiger partial charge in [-0.2, -0.15) is 0 Å². The van der Waals surface area contributed by atoms with Crippen LogP contribution in [0, 0.1) is 0 Å².